The van der Waals surface area contributed by atoms with Gasteiger partial charge in [0.15, 0.2) is 0 Å². The molecule has 1 atom stereocenters. The molecular weight excluding hydrogens is 216 g/mol. The first-order valence-electron chi connectivity index (χ1n) is 6.19. The van der Waals surface area contributed by atoms with Crippen LogP contribution in [-0.4, -0.2) is 42.8 Å². The number of nitrogens with one attached hydrogen (secondary N) is 1. The number of methoxy groups -OCH3 is 1. The van der Waals surface area contributed by atoms with Gasteiger partial charge in [-0.2, -0.15) is 4.98 Å². The fourth-order valence-corrected chi connectivity index (χ4v) is 2.21. The van der Waals surface area contributed by atoms with Crippen molar-refractivity contribution in [1.29, 1.82) is 0 Å². The summed E-state index contributed by atoms with van der Waals surface area (Å²) in [5.74, 6) is 1.41. The van der Waals surface area contributed by atoms with Crippen LogP contribution in [0.3, 0.4) is 0 Å². The molecule has 0 aliphatic carbocycles. The van der Waals surface area contributed by atoms with Gasteiger partial charge in [-0.05, 0) is 19.4 Å². The molecule has 0 radical (unpaired) electrons. The van der Waals surface area contributed by atoms with E-state index in [-0.39, 0.29) is 0 Å². The van der Waals surface area contributed by atoms with Gasteiger partial charge in [0.05, 0.1) is 7.11 Å². The molecule has 5 nitrogen and oxygen atoms in total. The molecule has 0 saturated carbocycles. The standard InChI is InChI=1S/C12H20N4O/c1-3-13-9-10-5-4-8-16(10)12-14-7-6-11(15-12)17-2/h6-7,10,13H,3-5,8-9H2,1-2H3. The predicted molar refractivity (Wildman–Crippen MR) is 67.5 cm³/mol. The Bertz CT molecular complexity index is 358. The first-order valence-corrected chi connectivity index (χ1v) is 6.19. The molecule has 0 amide bonds. The lowest BCUT2D eigenvalue weighted by Crippen LogP contribution is -2.38. The van der Waals surface area contributed by atoms with Crippen molar-refractivity contribution < 1.29 is 4.74 Å². The lowest BCUT2D eigenvalue weighted by Gasteiger charge is -2.24. The van der Waals surface area contributed by atoms with E-state index in [1.807, 2.05) is 0 Å². The second-order valence-electron chi connectivity index (χ2n) is 4.20. The van der Waals surface area contributed by atoms with Gasteiger partial charge in [-0.1, -0.05) is 6.92 Å². The predicted octanol–water partition coefficient (Wildman–Crippen LogP) is 1.06. The summed E-state index contributed by atoms with van der Waals surface area (Å²) in [4.78, 5) is 11.0. The Kier molecular flexibility index (Phi) is 4.14. The zero-order valence-corrected chi connectivity index (χ0v) is 10.5. The number of anilines is 1. The van der Waals surface area contributed by atoms with Crippen LogP contribution in [0.25, 0.3) is 0 Å². The molecule has 94 valence electrons. The Balaban J connectivity index is 2.08. The van der Waals surface area contributed by atoms with Gasteiger partial charge < -0.3 is 15.0 Å². The van der Waals surface area contributed by atoms with Crippen molar-refractivity contribution in [3.8, 4) is 5.88 Å². The molecule has 5 heteroatoms. The first-order chi connectivity index (χ1) is 8.35. The molecule has 2 heterocycles. The summed E-state index contributed by atoms with van der Waals surface area (Å²) in [5, 5.41) is 3.39. The summed E-state index contributed by atoms with van der Waals surface area (Å²) in [5.41, 5.74) is 0. The molecule has 1 fully saturated rings. The van der Waals surface area contributed by atoms with E-state index in [0.717, 1.165) is 25.6 Å². The van der Waals surface area contributed by atoms with E-state index in [0.29, 0.717) is 11.9 Å². The zero-order chi connectivity index (χ0) is 12.1. The number of likely N-dealkylation sites (N-methyl/N-ethyl adjacent to an activating group) is 1. The number of nitrogens with zero attached hydrogens (tertiary/aromatic N) is 3. The normalized spacial score (nSPS) is 19.6. The second-order valence-corrected chi connectivity index (χ2v) is 4.20. The van der Waals surface area contributed by atoms with Gasteiger partial charge in [0.1, 0.15) is 0 Å². The van der Waals surface area contributed by atoms with Crippen molar-refractivity contribution in [3.05, 3.63) is 12.3 Å². The minimum atomic E-state index is 0.502. The van der Waals surface area contributed by atoms with Gasteiger partial charge in [0, 0.05) is 31.4 Å². The average molecular weight is 236 g/mol. The van der Waals surface area contributed by atoms with E-state index in [1.54, 1.807) is 19.4 Å². The van der Waals surface area contributed by atoms with Crippen LogP contribution in [0.1, 0.15) is 19.8 Å². The van der Waals surface area contributed by atoms with Crippen LogP contribution in [-0.2, 0) is 0 Å². The lowest BCUT2D eigenvalue weighted by molar-refractivity contribution is 0.396. The Morgan fingerprint density at radius 3 is 3.24 bits per heavy atom. The van der Waals surface area contributed by atoms with Crippen molar-refractivity contribution in [2.75, 3.05) is 31.6 Å². The maximum atomic E-state index is 5.14. The molecule has 1 aromatic heterocycles. The Labute approximate surface area is 102 Å². The topological polar surface area (TPSA) is 50.3 Å². The molecule has 17 heavy (non-hydrogen) atoms. The molecule has 1 aromatic rings. The molecule has 1 aliphatic heterocycles. The Hall–Kier alpha value is -1.36. The fraction of sp³-hybridized carbons (Fsp3) is 0.667. The molecule has 1 aliphatic rings. The number of aromatic nitrogens is 2. The number of rotatable bonds is 5. The Morgan fingerprint density at radius 1 is 1.59 bits per heavy atom. The highest BCUT2D eigenvalue weighted by atomic mass is 16.5. The van der Waals surface area contributed by atoms with Crippen LogP contribution in [0.4, 0.5) is 5.95 Å². The maximum Gasteiger partial charge on any atom is 0.228 e. The molecule has 1 unspecified atom stereocenters. The maximum absolute atomic E-state index is 5.14. The van der Waals surface area contributed by atoms with Crippen LogP contribution in [0, 0.1) is 0 Å². The SMILES string of the molecule is CCNCC1CCCN1c1nccc(OC)n1. The molecule has 1 saturated heterocycles. The first kappa shape index (κ1) is 12.1. The third-order valence-electron chi connectivity index (χ3n) is 3.09. The van der Waals surface area contributed by atoms with Crippen LogP contribution in [0.15, 0.2) is 12.3 Å². The largest absolute Gasteiger partial charge is 0.481 e. The third-order valence-corrected chi connectivity index (χ3v) is 3.09. The lowest BCUT2D eigenvalue weighted by atomic mass is 10.2. The summed E-state index contributed by atoms with van der Waals surface area (Å²) >= 11 is 0. The quantitative estimate of drug-likeness (QED) is 0.828. The van der Waals surface area contributed by atoms with Crippen LogP contribution in [0.2, 0.25) is 0 Å². The van der Waals surface area contributed by atoms with Crippen molar-refractivity contribution in [2.24, 2.45) is 0 Å². The minimum absolute atomic E-state index is 0.502. The average Bonchev–Trinajstić information content (AvgIpc) is 2.84. The molecule has 0 bridgehead atoms. The molecule has 2 rings (SSSR count). The van der Waals surface area contributed by atoms with Crippen molar-refractivity contribution in [3.63, 3.8) is 0 Å². The van der Waals surface area contributed by atoms with Gasteiger partial charge >= 0.3 is 0 Å². The Morgan fingerprint density at radius 2 is 2.47 bits per heavy atom. The van der Waals surface area contributed by atoms with E-state index >= 15 is 0 Å². The van der Waals surface area contributed by atoms with E-state index < -0.39 is 0 Å². The fourth-order valence-electron chi connectivity index (χ4n) is 2.21. The van der Waals surface area contributed by atoms with E-state index in [2.05, 4.69) is 27.1 Å². The highest BCUT2D eigenvalue weighted by Gasteiger charge is 2.26. The number of ether oxygens (including phenoxy) is 1. The van der Waals surface area contributed by atoms with Crippen LogP contribution >= 0.6 is 0 Å². The highest BCUT2D eigenvalue weighted by molar-refractivity contribution is 5.35. The van der Waals surface area contributed by atoms with E-state index in [9.17, 15) is 0 Å². The molecular formula is C12H20N4O. The van der Waals surface area contributed by atoms with Gasteiger partial charge in [-0.15, -0.1) is 0 Å². The smallest absolute Gasteiger partial charge is 0.228 e. The summed E-state index contributed by atoms with van der Waals surface area (Å²) in [7, 11) is 1.63. The number of hydrogen-bond acceptors (Lipinski definition) is 5. The van der Waals surface area contributed by atoms with E-state index in [1.165, 1.54) is 12.8 Å². The molecule has 0 spiro atoms. The molecule has 0 aromatic carbocycles. The third kappa shape index (κ3) is 2.85. The molecule has 1 N–H and O–H groups in total. The van der Waals surface area contributed by atoms with Crippen molar-refractivity contribution in [2.45, 2.75) is 25.8 Å². The zero-order valence-electron chi connectivity index (χ0n) is 10.5. The monoisotopic (exact) mass is 236 g/mol. The summed E-state index contributed by atoms with van der Waals surface area (Å²) in [6, 6.07) is 2.28. The summed E-state index contributed by atoms with van der Waals surface area (Å²) in [6.45, 7) is 5.16. The van der Waals surface area contributed by atoms with Crippen LogP contribution in [0.5, 0.6) is 5.88 Å². The number of hydrogen-bond donors (Lipinski definition) is 1. The van der Waals surface area contributed by atoms with Crippen molar-refractivity contribution in [1.82, 2.24) is 15.3 Å². The van der Waals surface area contributed by atoms with Gasteiger partial charge in [-0.3, -0.25) is 0 Å². The van der Waals surface area contributed by atoms with Crippen molar-refractivity contribution >= 4 is 5.95 Å². The summed E-state index contributed by atoms with van der Waals surface area (Å²) < 4.78 is 5.14. The summed E-state index contributed by atoms with van der Waals surface area (Å²) in [6.07, 6.45) is 4.16. The second kappa shape index (κ2) is 5.82. The van der Waals surface area contributed by atoms with E-state index in [4.69, 9.17) is 4.74 Å². The minimum Gasteiger partial charge on any atom is -0.481 e. The van der Waals surface area contributed by atoms with Crippen LogP contribution < -0.4 is 15.0 Å². The van der Waals surface area contributed by atoms with Gasteiger partial charge in [0.2, 0.25) is 11.8 Å². The van der Waals surface area contributed by atoms with Gasteiger partial charge in [0.25, 0.3) is 0 Å². The highest BCUT2D eigenvalue weighted by Crippen LogP contribution is 2.22. The van der Waals surface area contributed by atoms with Gasteiger partial charge in [-0.25, -0.2) is 4.98 Å².